The Hall–Kier alpha value is -0.0800. The monoisotopic (exact) mass is 461 g/mol. The molecule has 0 aliphatic carbocycles. The van der Waals surface area contributed by atoms with Crippen LogP contribution in [0.2, 0.25) is 0 Å². The summed E-state index contributed by atoms with van der Waals surface area (Å²) in [5.41, 5.74) is 0. The zero-order chi connectivity index (χ0) is 23.0. The molecule has 0 aliphatic heterocycles. The fourth-order valence-electron chi connectivity index (χ4n) is 3.64. The molecule has 0 radical (unpaired) electrons. The summed E-state index contributed by atoms with van der Waals surface area (Å²) < 4.78 is 0. The van der Waals surface area contributed by atoms with Crippen molar-refractivity contribution in [3.63, 3.8) is 0 Å². The van der Waals surface area contributed by atoms with Crippen LogP contribution in [0.25, 0.3) is 0 Å². The van der Waals surface area contributed by atoms with Crippen molar-refractivity contribution in [2.75, 3.05) is 0 Å². The molecule has 2 heteroatoms. The van der Waals surface area contributed by atoms with Gasteiger partial charge in [0.1, 0.15) is 0 Å². The average molecular weight is 461 g/mol. The fourth-order valence-corrected chi connectivity index (χ4v) is 3.64. The first-order valence-electron chi connectivity index (χ1n) is 13.7. The van der Waals surface area contributed by atoms with E-state index in [4.69, 9.17) is 0 Å². The van der Waals surface area contributed by atoms with Gasteiger partial charge in [0, 0.05) is 0 Å². The molecule has 0 amide bonds. The molecule has 2 atom stereocenters. The van der Waals surface area contributed by atoms with Gasteiger partial charge in [-0.3, -0.25) is 0 Å². The smallest absolute Gasteiger partial charge is 0.0563 e. The van der Waals surface area contributed by atoms with E-state index in [2.05, 4.69) is 41.5 Å². The maximum Gasteiger partial charge on any atom is 0.0563 e. The minimum atomic E-state index is -0.0786. The Kier molecular flexibility index (Phi) is 37.8. The van der Waals surface area contributed by atoms with Crippen molar-refractivity contribution < 1.29 is 10.2 Å². The quantitative estimate of drug-likeness (QED) is 0.177. The van der Waals surface area contributed by atoms with Crippen LogP contribution < -0.4 is 0 Å². The molecule has 32 heavy (non-hydrogen) atoms. The molecule has 0 unspecified atom stereocenters. The van der Waals surface area contributed by atoms with E-state index in [0.717, 1.165) is 12.8 Å². The van der Waals surface area contributed by atoms with Crippen LogP contribution in [-0.2, 0) is 0 Å². The number of aliphatic hydroxyl groups is 2. The van der Waals surface area contributed by atoms with Crippen LogP contribution in [0.15, 0.2) is 0 Å². The summed E-state index contributed by atoms with van der Waals surface area (Å²) in [6, 6.07) is 0. The van der Waals surface area contributed by atoms with Gasteiger partial charge in [0.25, 0.3) is 0 Å². The third-order valence-corrected chi connectivity index (χ3v) is 6.25. The van der Waals surface area contributed by atoms with Gasteiger partial charge in [0.05, 0.1) is 12.2 Å². The highest BCUT2D eigenvalue weighted by Gasteiger charge is 2.08. The van der Waals surface area contributed by atoms with Crippen molar-refractivity contribution in [1.29, 1.82) is 0 Å². The minimum absolute atomic E-state index is 0. The van der Waals surface area contributed by atoms with Gasteiger partial charge >= 0.3 is 0 Å². The Morgan fingerprint density at radius 1 is 0.406 bits per heavy atom. The SMILES string of the molecule is C.C.CCCCCCCCCC[C@@H](O)C(C)C.CCCCCCCCCC[C@H](O)C(C)C. The van der Waals surface area contributed by atoms with Gasteiger partial charge < -0.3 is 10.2 Å². The summed E-state index contributed by atoms with van der Waals surface area (Å²) in [4.78, 5) is 0. The third kappa shape index (κ3) is 32.1. The fraction of sp³-hybridized carbons (Fsp3) is 1.00. The largest absolute Gasteiger partial charge is 0.393 e. The van der Waals surface area contributed by atoms with Crippen LogP contribution in [0.3, 0.4) is 0 Å². The number of hydrogen-bond acceptors (Lipinski definition) is 2. The molecule has 0 spiro atoms. The molecule has 0 fully saturated rings. The Balaban J connectivity index is -0.000000231. The summed E-state index contributed by atoms with van der Waals surface area (Å²) in [6.45, 7) is 12.9. The number of aliphatic hydroxyl groups excluding tert-OH is 2. The van der Waals surface area contributed by atoms with Gasteiger partial charge in [0.15, 0.2) is 0 Å². The molecule has 0 aromatic carbocycles. The molecule has 2 nitrogen and oxygen atoms in total. The molecule has 2 N–H and O–H groups in total. The second-order valence-corrected chi connectivity index (χ2v) is 10.1. The molecule has 0 saturated heterocycles. The second-order valence-electron chi connectivity index (χ2n) is 10.1. The Morgan fingerprint density at radius 2 is 0.625 bits per heavy atom. The summed E-state index contributed by atoms with van der Waals surface area (Å²) in [7, 11) is 0. The van der Waals surface area contributed by atoms with Gasteiger partial charge in [-0.1, -0.05) is 159 Å². The molecular formula is C30H68O2. The Bertz CT molecular complexity index is 271. The highest BCUT2D eigenvalue weighted by Crippen LogP contribution is 2.14. The molecule has 0 heterocycles. The third-order valence-electron chi connectivity index (χ3n) is 6.25. The predicted octanol–water partition coefficient (Wildman–Crippen LogP) is 10.3. The molecule has 0 aromatic rings. The van der Waals surface area contributed by atoms with E-state index in [9.17, 15) is 10.2 Å². The lowest BCUT2D eigenvalue weighted by molar-refractivity contribution is 0.113. The molecule has 0 bridgehead atoms. The second kappa shape index (κ2) is 30.9. The van der Waals surface area contributed by atoms with Gasteiger partial charge in [0.2, 0.25) is 0 Å². The topological polar surface area (TPSA) is 40.5 Å². The molecular weight excluding hydrogens is 392 g/mol. The van der Waals surface area contributed by atoms with Crippen LogP contribution in [0.5, 0.6) is 0 Å². The van der Waals surface area contributed by atoms with E-state index in [1.54, 1.807) is 0 Å². The molecule has 0 aliphatic rings. The lowest BCUT2D eigenvalue weighted by atomic mass is 10.00. The van der Waals surface area contributed by atoms with Crippen LogP contribution in [-0.4, -0.2) is 22.4 Å². The van der Waals surface area contributed by atoms with Gasteiger partial charge in [-0.25, -0.2) is 0 Å². The van der Waals surface area contributed by atoms with E-state index in [1.807, 2.05) is 0 Å². The van der Waals surface area contributed by atoms with Crippen LogP contribution in [0.4, 0.5) is 0 Å². The van der Waals surface area contributed by atoms with Crippen LogP contribution in [0, 0.1) is 11.8 Å². The summed E-state index contributed by atoms with van der Waals surface area (Å²) in [5, 5.41) is 19.2. The molecule has 200 valence electrons. The van der Waals surface area contributed by atoms with Gasteiger partial charge in [-0.15, -0.1) is 0 Å². The lowest BCUT2D eigenvalue weighted by Crippen LogP contribution is -2.13. The average Bonchev–Trinajstić information content (AvgIpc) is 2.71. The zero-order valence-corrected chi connectivity index (χ0v) is 21.9. The van der Waals surface area contributed by atoms with E-state index in [-0.39, 0.29) is 27.1 Å². The lowest BCUT2D eigenvalue weighted by Gasteiger charge is -2.13. The van der Waals surface area contributed by atoms with E-state index < -0.39 is 0 Å². The number of hydrogen-bond donors (Lipinski definition) is 2. The summed E-state index contributed by atoms with van der Waals surface area (Å²) in [6.07, 6.45) is 23.4. The normalized spacial score (nSPS) is 12.6. The highest BCUT2D eigenvalue weighted by atomic mass is 16.3. The zero-order valence-electron chi connectivity index (χ0n) is 21.9. The first kappa shape index (κ1) is 39.1. The van der Waals surface area contributed by atoms with E-state index >= 15 is 0 Å². The van der Waals surface area contributed by atoms with Crippen LogP contribution in [0.1, 0.15) is 172 Å². The van der Waals surface area contributed by atoms with Crippen LogP contribution >= 0.6 is 0 Å². The van der Waals surface area contributed by atoms with Crippen molar-refractivity contribution in [3.8, 4) is 0 Å². The maximum atomic E-state index is 9.60. The van der Waals surface area contributed by atoms with Crippen molar-refractivity contribution in [3.05, 3.63) is 0 Å². The predicted molar refractivity (Wildman–Crippen MR) is 150 cm³/mol. The van der Waals surface area contributed by atoms with E-state index in [0.29, 0.717) is 11.8 Å². The standard InChI is InChI=1S/2C14H30O.2CH4/c2*1-4-5-6-7-8-9-10-11-12-14(15)13(2)3;;/h2*13-15H,4-12H2,1-3H3;2*1H4/t2*14-;;/m10../s1. The van der Waals surface area contributed by atoms with Crippen molar-refractivity contribution in [2.24, 2.45) is 11.8 Å². The van der Waals surface area contributed by atoms with Crippen molar-refractivity contribution in [2.45, 2.75) is 184 Å². The Labute approximate surface area is 206 Å². The minimum Gasteiger partial charge on any atom is -0.393 e. The molecule has 0 aromatic heterocycles. The number of unbranched alkanes of at least 4 members (excludes halogenated alkanes) is 14. The first-order chi connectivity index (χ1) is 14.4. The maximum absolute atomic E-state index is 9.60. The van der Waals surface area contributed by atoms with Gasteiger partial charge in [-0.2, -0.15) is 0 Å². The molecule has 0 rings (SSSR count). The van der Waals surface area contributed by atoms with Gasteiger partial charge in [-0.05, 0) is 24.7 Å². The van der Waals surface area contributed by atoms with Crippen molar-refractivity contribution in [1.82, 2.24) is 0 Å². The summed E-state index contributed by atoms with van der Waals surface area (Å²) >= 11 is 0. The first-order valence-corrected chi connectivity index (χ1v) is 13.7. The van der Waals surface area contributed by atoms with E-state index in [1.165, 1.54) is 103 Å². The summed E-state index contributed by atoms with van der Waals surface area (Å²) in [5.74, 6) is 0.851. The molecule has 0 saturated carbocycles. The number of rotatable bonds is 20. The van der Waals surface area contributed by atoms with Crippen molar-refractivity contribution >= 4 is 0 Å². The Morgan fingerprint density at radius 3 is 0.844 bits per heavy atom. The highest BCUT2D eigenvalue weighted by molar-refractivity contribution is 4.60.